The third-order valence-corrected chi connectivity index (χ3v) is 3.54. The van der Waals surface area contributed by atoms with E-state index in [9.17, 15) is 4.79 Å². The Bertz CT molecular complexity index is 428. The average molecular weight is 291 g/mol. The van der Waals surface area contributed by atoms with E-state index >= 15 is 0 Å². The van der Waals surface area contributed by atoms with Gasteiger partial charge in [-0.25, -0.2) is 4.79 Å². The summed E-state index contributed by atoms with van der Waals surface area (Å²) < 4.78 is 5.34. The third-order valence-electron chi connectivity index (χ3n) is 3.54. The van der Waals surface area contributed by atoms with Gasteiger partial charge in [-0.05, 0) is 24.1 Å². The van der Waals surface area contributed by atoms with Crippen molar-refractivity contribution in [1.29, 1.82) is 0 Å². The summed E-state index contributed by atoms with van der Waals surface area (Å²) in [5.41, 5.74) is 2.09. The van der Waals surface area contributed by atoms with Crippen LogP contribution in [-0.4, -0.2) is 43.8 Å². The van der Waals surface area contributed by atoms with E-state index in [0.717, 1.165) is 57.9 Å². The number of benzene rings is 1. The lowest BCUT2D eigenvalue weighted by atomic mass is 10.2. The van der Waals surface area contributed by atoms with Gasteiger partial charge in [-0.1, -0.05) is 25.5 Å². The van der Waals surface area contributed by atoms with Crippen LogP contribution >= 0.6 is 0 Å². The summed E-state index contributed by atoms with van der Waals surface area (Å²) in [6, 6.07) is 7.91. The number of nitrogens with zero attached hydrogens (tertiary/aromatic N) is 1. The number of carbonyl (C=O) groups is 1. The first kappa shape index (κ1) is 15.8. The van der Waals surface area contributed by atoms with Crippen LogP contribution in [0, 0.1) is 0 Å². The van der Waals surface area contributed by atoms with Gasteiger partial charge in [0.15, 0.2) is 0 Å². The van der Waals surface area contributed by atoms with Crippen LogP contribution in [0.25, 0.3) is 0 Å². The Balaban J connectivity index is 1.77. The molecular formula is C16H25N3O2. The van der Waals surface area contributed by atoms with Gasteiger partial charge in [0, 0.05) is 31.9 Å². The summed E-state index contributed by atoms with van der Waals surface area (Å²) >= 11 is 0. The molecule has 21 heavy (non-hydrogen) atoms. The van der Waals surface area contributed by atoms with Crippen LogP contribution in [0.1, 0.15) is 25.3 Å². The van der Waals surface area contributed by atoms with Gasteiger partial charge in [-0.15, -0.1) is 0 Å². The maximum absolute atomic E-state index is 11.6. The molecule has 1 heterocycles. The highest BCUT2D eigenvalue weighted by atomic mass is 16.5. The topological polar surface area (TPSA) is 53.6 Å². The van der Waals surface area contributed by atoms with Crippen LogP contribution in [0.3, 0.4) is 0 Å². The number of amides is 2. The molecule has 2 rings (SSSR count). The van der Waals surface area contributed by atoms with E-state index in [0.29, 0.717) is 0 Å². The van der Waals surface area contributed by atoms with Crippen molar-refractivity contribution in [2.24, 2.45) is 0 Å². The lowest BCUT2D eigenvalue weighted by molar-refractivity contribution is 0.0342. The molecule has 1 saturated heterocycles. The van der Waals surface area contributed by atoms with Crippen LogP contribution in [0.2, 0.25) is 0 Å². The molecule has 0 unspecified atom stereocenters. The van der Waals surface area contributed by atoms with Gasteiger partial charge >= 0.3 is 6.03 Å². The average Bonchev–Trinajstić information content (AvgIpc) is 2.51. The second-order valence-corrected chi connectivity index (χ2v) is 5.32. The number of unbranched alkanes of at least 4 members (excludes halogenated alkanes) is 1. The monoisotopic (exact) mass is 291 g/mol. The molecule has 0 aliphatic carbocycles. The SMILES string of the molecule is CCCCNC(=O)Nc1ccc(CN2CCOCC2)cc1. The molecule has 1 fully saturated rings. The molecule has 1 aromatic carbocycles. The summed E-state index contributed by atoms with van der Waals surface area (Å²) in [6.07, 6.45) is 2.09. The highest BCUT2D eigenvalue weighted by Gasteiger charge is 2.10. The zero-order valence-electron chi connectivity index (χ0n) is 12.7. The van der Waals surface area contributed by atoms with Crippen molar-refractivity contribution in [2.45, 2.75) is 26.3 Å². The molecule has 2 amide bonds. The number of hydrogen-bond acceptors (Lipinski definition) is 3. The molecule has 0 saturated carbocycles. The number of rotatable bonds is 6. The fraction of sp³-hybridized carbons (Fsp3) is 0.562. The highest BCUT2D eigenvalue weighted by Crippen LogP contribution is 2.12. The summed E-state index contributed by atoms with van der Waals surface area (Å²) in [5.74, 6) is 0. The maximum Gasteiger partial charge on any atom is 0.319 e. The summed E-state index contributed by atoms with van der Waals surface area (Å²) in [7, 11) is 0. The Hall–Kier alpha value is -1.59. The van der Waals surface area contributed by atoms with Gasteiger partial charge < -0.3 is 15.4 Å². The minimum Gasteiger partial charge on any atom is -0.379 e. The number of nitrogens with one attached hydrogen (secondary N) is 2. The molecule has 2 N–H and O–H groups in total. The molecule has 0 bridgehead atoms. The second kappa shape index (κ2) is 8.64. The van der Waals surface area contributed by atoms with E-state index in [1.54, 1.807) is 0 Å². The molecule has 0 atom stereocenters. The molecule has 0 spiro atoms. The van der Waals surface area contributed by atoms with Gasteiger partial charge in [0.05, 0.1) is 13.2 Å². The number of hydrogen-bond donors (Lipinski definition) is 2. The first-order valence-electron chi connectivity index (χ1n) is 7.72. The van der Waals surface area contributed by atoms with E-state index in [1.807, 2.05) is 12.1 Å². The van der Waals surface area contributed by atoms with E-state index in [2.05, 4.69) is 34.6 Å². The number of morpholine rings is 1. The fourth-order valence-electron chi connectivity index (χ4n) is 2.26. The van der Waals surface area contributed by atoms with Crippen molar-refractivity contribution in [3.05, 3.63) is 29.8 Å². The van der Waals surface area contributed by atoms with Crippen LogP contribution in [0.5, 0.6) is 0 Å². The predicted octanol–water partition coefficient (Wildman–Crippen LogP) is 2.44. The van der Waals surface area contributed by atoms with Crippen LogP contribution in [-0.2, 0) is 11.3 Å². The first-order chi connectivity index (χ1) is 10.3. The predicted molar refractivity (Wildman–Crippen MR) is 84.5 cm³/mol. The zero-order chi connectivity index (χ0) is 14.9. The number of ether oxygens (including phenoxy) is 1. The van der Waals surface area contributed by atoms with Crippen molar-refractivity contribution in [2.75, 3.05) is 38.2 Å². The maximum atomic E-state index is 11.6. The van der Waals surface area contributed by atoms with Crippen LogP contribution < -0.4 is 10.6 Å². The highest BCUT2D eigenvalue weighted by molar-refractivity contribution is 5.89. The number of anilines is 1. The first-order valence-corrected chi connectivity index (χ1v) is 7.72. The van der Waals surface area contributed by atoms with Gasteiger partial charge in [0.25, 0.3) is 0 Å². The minimum absolute atomic E-state index is 0.135. The Morgan fingerprint density at radius 1 is 1.24 bits per heavy atom. The summed E-state index contributed by atoms with van der Waals surface area (Å²) in [4.78, 5) is 14.0. The molecule has 1 aromatic rings. The second-order valence-electron chi connectivity index (χ2n) is 5.32. The van der Waals surface area contributed by atoms with E-state index < -0.39 is 0 Å². The Morgan fingerprint density at radius 2 is 1.95 bits per heavy atom. The Kier molecular flexibility index (Phi) is 6.50. The standard InChI is InChI=1S/C16H25N3O2/c1-2-3-8-17-16(20)18-15-6-4-14(5-7-15)13-19-9-11-21-12-10-19/h4-7H,2-3,8-13H2,1H3,(H2,17,18,20). The summed E-state index contributed by atoms with van der Waals surface area (Å²) in [5, 5.41) is 5.69. The van der Waals surface area contributed by atoms with Crippen molar-refractivity contribution >= 4 is 11.7 Å². The van der Waals surface area contributed by atoms with Gasteiger partial charge in [0.1, 0.15) is 0 Å². The van der Waals surface area contributed by atoms with Crippen LogP contribution in [0.15, 0.2) is 24.3 Å². The molecular weight excluding hydrogens is 266 g/mol. The molecule has 5 heteroatoms. The normalized spacial score (nSPS) is 15.7. The molecule has 116 valence electrons. The van der Waals surface area contributed by atoms with E-state index in [-0.39, 0.29) is 6.03 Å². The lowest BCUT2D eigenvalue weighted by Gasteiger charge is -2.26. The van der Waals surface area contributed by atoms with Crippen molar-refractivity contribution in [3.8, 4) is 0 Å². The molecule has 0 radical (unpaired) electrons. The quantitative estimate of drug-likeness (QED) is 0.792. The van der Waals surface area contributed by atoms with Crippen molar-refractivity contribution in [1.82, 2.24) is 10.2 Å². The van der Waals surface area contributed by atoms with Gasteiger partial charge in [0.2, 0.25) is 0 Å². The van der Waals surface area contributed by atoms with Gasteiger partial charge in [-0.2, -0.15) is 0 Å². The summed E-state index contributed by atoms with van der Waals surface area (Å²) in [6.45, 7) is 7.37. The van der Waals surface area contributed by atoms with Crippen molar-refractivity contribution < 1.29 is 9.53 Å². The minimum atomic E-state index is -0.135. The lowest BCUT2D eigenvalue weighted by Crippen LogP contribution is -2.35. The number of carbonyl (C=O) groups excluding carboxylic acids is 1. The molecule has 1 aliphatic rings. The van der Waals surface area contributed by atoms with E-state index in [4.69, 9.17) is 4.74 Å². The largest absolute Gasteiger partial charge is 0.379 e. The van der Waals surface area contributed by atoms with Crippen molar-refractivity contribution in [3.63, 3.8) is 0 Å². The molecule has 0 aromatic heterocycles. The van der Waals surface area contributed by atoms with Crippen LogP contribution in [0.4, 0.5) is 10.5 Å². The zero-order valence-corrected chi connectivity index (χ0v) is 12.7. The van der Waals surface area contributed by atoms with Gasteiger partial charge in [-0.3, -0.25) is 4.90 Å². The molecule has 5 nitrogen and oxygen atoms in total. The number of urea groups is 1. The Morgan fingerprint density at radius 3 is 2.62 bits per heavy atom. The Labute approximate surface area is 126 Å². The molecule has 1 aliphatic heterocycles. The third kappa shape index (κ3) is 5.73. The fourth-order valence-corrected chi connectivity index (χ4v) is 2.26. The van der Waals surface area contributed by atoms with E-state index in [1.165, 1.54) is 5.56 Å². The smallest absolute Gasteiger partial charge is 0.319 e.